The Morgan fingerprint density at radius 3 is 3.11 bits per heavy atom. The van der Waals surface area contributed by atoms with Crippen LogP contribution in [-0.2, 0) is 4.79 Å². The van der Waals surface area contributed by atoms with Crippen LogP contribution in [0.25, 0.3) is 0 Å². The standard InChI is InChI=1S/C13H19N3OS/c1-10-6-8-18-12(10)9-14-15-13(17)11-5-3-4-7-16(11)2/h6,8-9,11H,3-5,7H2,1-2H3,(H,15,17)/b14-9-/t11-/m0/s1. The van der Waals surface area contributed by atoms with Crippen molar-refractivity contribution >= 4 is 23.5 Å². The molecule has 1 aliphatic rings. The molecule has 1 fully saturated rings. The van der Waals surface area contributed by atoms with Crippen LogP contribution in [0.4, 0.5) is 0 Å². The molecule has 1 aromatic rings. The van der Waals surface area contributed by atoms with Crippen LogP contribution in [0, 0.1) is 6.92 Å². The molecule has 0 aromatic carbocycles. The molecule has 1 atom stereocenters. The molecule has 0 aliphatic carbocycles. The summed E-state index contributed by atoms with van der Waals surface area (Å²) < 4.78 is 0. The second-order valence-corrected chi connectivity index (χ2v) is 5.64. The number of piperidine rings is 1. The third-order valence-corrected chi connectivity index (χ3v) is 4.28. The Morgan fingerprint density at radius 2 is 2.44 bits per heavy atom. The van der Waals surface area contributed by atoms with Crippen molar-refractivity contribution in [2.75, 3.05) is 13.6 Å². The number of nitrogens with one attached hydrogen (secondary N) is 1. The number of nitrogens with zero attached hydrogens (tertiary/aromatic N) is 2. The van der Waals surface area contributed by atoms with Crippen molar-refractivity contribution < 1.29 is 4.79 Å². The zero-order chi connectivity index (χ0) is 13.0. The Morgan fingerprint density at radius 1 is 1.61 bits per heavy atom. The Hall–Kier alpha value is -1.20. The van der Waals surface area contributed by atoms with Crippen LogP contribution in [0.15, 0.2) is 16.5 Å². The molecule has 98 valence electrons. The van der Waals surface area contributed by atoms with Gasteiger partial charge in [-0.15, -0.1) is 11.3 Å². The summed E-state index contributed by atoms with van der Waals surface area (Å²) in [6, 6.07) is 2.02. The van der Waals surface area contributed by atoms with E-state index in [1.165, 1.54) is 12.0 Å². The zero-order valence-corrected chi connectivity index (χ0v) is 11.7. The minimum Gasteiger partial charge on any atom is -0.295 e. The SMILES string of the molecule is Cc1ccsc1/C=N\NC(=O)[C@@H]1CCCCN1C. The molecule has 2 rings (SSSR count). The number of hydrazone groups is 1. The van der Waals surface area contributed by atoms with Crippen LogP contribution in [0.5, 0.6) is 0 Å². The number of aryl methyl sites for hydroxylation is 1. The lowest BCUT2D eigenvalue weighted by atomic mass is 10.0. The van der Waals surface area contributed by atoms with Crippen molar-refractivity contribution in [2.45, 2.75) is 32.2 Å². The molecular weight excluding hydrogens is 246 g/mol. The molecule has 18 heavy (non-hydrogen) atoms. The Labute approximate surface area is 112 Å². The number of carbonyl (C=O) groups is 1. The summed E-state index contributed by atoms with van der Waals surface area (Å²) in [5.74, 6) is 0.00246. The van der Waals surface area contributed by atoms with Gasteiger partial charge in [-0.2, -0.15) is 5.10 Å². The highest BCUT2D eigenvalue weighted by Gasteiger charge is 2.25. The van der Waals surface area contributed by atoms with Gasteiger partial charge in [0.1, 0.15) is 0 Å². The summed E-state index contributed by atoms with van der Waals surface area (Å²) >= 11 is 1.63. The lowest BCUT2D eigenvalue weighted by molar-refractivity contribution is -0.126. The van der Waals surface area contributed by atoms with E-state index in [2.05, 4.69) is 15.4 Å². The normalized spacial score (nSPS) is 21.3. The minimum atomic E-state index is -0.0275. The highest BCUT2D eigenvalue weighted by molar-refractivity contribution is 7.11. The predicted molar refractivity (Wildman–Crippen MR) is 75.1 cm³/mol. The van der Waals surface area contributed by atoms with Crippen LogP contribution < -0.4 is 5.43 Å². The van der Waals surface area contributed by atoms with Gasteiger partial charge >= 0.3 is 0 Å². The minimum absolute atomic E-state index is 0.00246. The van der Waals surface area contributed by atoms with Gasteiger partial charge < -0.3 is 0 Å². The summed E-state index contributed by atoms with van der Waals surface area (Å²) in [5.41, 5.74) is 3.83. The number of hydrogen-bond donors (Lipinski definition) is 1. The van der Waals surface area contributed by atoms with E-state index in [0.717, 1.165) is 24.3 Å². The van der Waals surface area contributed by atoms with Crippen LogP contribution in [0.3, 0.4) is 0 Å². The summed E-state index contributed by atoms with van der Waals surface area (Å²) in [6.45, 7) is 3.03. The van der Waals surface area contributed by atoms with Crippen molar-refractivity contribution in [3.05, 3.63) is 21.9 Å². The van der Waals surface area contributed by atoms with Gasteiger partial charge in [0.2, 0.25) is 0 Å². The molecule has 2 heterocycles. The molecule has 1 amide bonds. The van der Waals surface area contributed by atoms with Crippen molar-refractivity contribution in [1.82, 2.24) is 10.3 Å². The smallest absolute Gasteiger partial charge is 0.257 e. The Kier molecular flexibility index (Phi) is 4.49. The third kappa shape index (κ3) is 3.17. The molecule has 1 aliphatic heterocycles. The van der Waals surface area contributed by atoms with Gasteiger partial charge in [-0.3, -0.25) is 9.69 Å². The first-order valence-electron chi connectivity index (χ1n) is 6.26. The zero-order valence-electron chi connectivity index (χ0n) is 10.8. The third-order valence-electron chi connectivity index (χ3n) is 3.33. The summed E-state index contributed by atoms with van der Waals surface area (Å²) in [6.07, 6.45) is 4.95. The quantitative estimate of drug-likeness (QED) is 0.671. The van der Waals surface area contributed by atoms with E-state index in [1.807, 2.05) is 25.4 Å². The van der Waals surface area contributed by atoms with Crippen LogP contribution in [0.1, 0.15) is 29.7 Å². The van der Waals surface area contributed by atoms with E-state index in [4.69, 9.17) is 0 Å². The molecule has 0 bridgehead atoms. The maximum absolute atomic E-state index is 12.0. The second kappa shape index (κ2) is 6.11. The highest BCUT2D eigenvalue weighted by atomic mass is 32.1. The second-order valence-electron chi connectivity index (χ2n) is 4.69. The van der Waals surface area contributed by atoms with Gasteiger partial charge in [0.25, 0.3) is 5.91 Å². The maximum Gasteiger partial charge on any atom is 0.257 e. The number of thiophene rings is 1. The molecule has 0 radical (unpaired) electrons. The number of carbonyl (C=O) groups excluding carboxylic acids is 1. The van der Waals surface area contributed by atoms with Crippen molar-refractivity contribution in [3.8, 4) is 0 Å². The van der Waals surface area contributed by atoms with E-state index in [0.29, 0.717) is 0 Å². The Bertz CT molecular complexity index is 441. The van der Waals surface area contributed by atoms with Crippen molar-refractivity contribution in [3.63, 3.8) is 0 Å². The first-order chi connectivity index (χ1) is 8.68. The average Bonchev–Trinajstić information content (AvgIpc) is 2.75. The average molecular weight is 265 g/mol. The molecule has 4 nitrogen and oxygen atoms in total. The molecule has 1 N–H and O–H groups in total. The van der Waals surface area contributed by atoms with Gasteiger partial charge in [0.05, 0.1) is 12.3 Å². The predicted octanol–water partition coefficient (Wildman–Crippen LogP) is 1.99. The van der Waals surface area contributed by atoms with E-state index in [1.54, 1.807) is 17.6 Å². The number of rotatable bonds is 3. The molecule has 0 saturated carbocycles. The lowest BCUT2D eigenvalue weighted by Crippen LogP contribution is -2.46. The largest absolute Gasteiger partial charge is 0.295 e. The number of amides is 1. The van der Waals surface area contributed by atoms with E-state index in [9.17, 15) is 4.79 Å². The maximum atomic E-state index is 12.0. The van der Waals surface area contributed by atoms with Gasteiger partial charge in [-0.1, -0.05) is 6.42 Å². The van der Waals surface area contributed by atoms with Gasteiger partial charge in [0.15, 0.2) is 0 Å². The monoisotopic (exact) mass is 265 g/mol. The van der Waals surface area contributed by atoms with Crippen LogP contribution >= 0.6 is 11.3 Å². The first kappa shape index (κ1) is 13.2. The topological polar surface area (TPSA) is 44.7 Å². The molecule has 5 heteroatoms. The van der Waals surface area contributed by atoms with Crippen LogP contribution in [0.2, 0.25) is 0 Å². The first-order valence-corrected chi connectivity index (χ1v) is 7.13. The highest BCUT2D eigenvalue weighted by Crippen LogP contribution is 2.15. The molecule has 0 unspecified atom stereocenters. The number of likely N-dealkylation sites (N-methyl/N-ethyl adjacent to an activating group) is 1. The van der Waals surface area contributed by atoms with E-state index >= 15 is 0 Å². The van der Waals surface area contributed by atoms with Crippen molar-refractivity contribution in [2.24, 2.45) is 5.10 Å². The summed E-state index contributed by atoms with van der Waals surface area (Å²) in [4.78, 5) is 15.2. The van der Waals surface area contributed by atoms with Gasteiger partial charge in [0, 0.05) is 4.88 Å². The molecule has 1 saturated heterocycles. The van der Waals surface area contributed by atoms with Crippen molar-refractivity contribution in [1.29, 1.82) is 0 Å². The van der Waals surface area contributed by atoms with Gasteiger partial charge in [-0.25, -0.2) is 5.43 Å². The fraction of sp³-hybridized carbons (Fsp3) is 0.538. The fourth-order valence-corrected chi connectivity index (χ4v) is 2.94. The number of likely N-dealkylation sites (tertiary alicyclic amines) is 1. The summed E-state index contributed by atoms with van der Waals surface area (Å²) in [7, 11) is 2.00. The van der Waals surface area contributed by atoms with E-state index < -0.39 is 0 Å². The summed E-state index contributed by atoms with van der Waals surface area (Å²) in [5, 5.41) is 6.06. The van der Waals surface area contributed by atoms with Gasteiger partial charge in [-0.05, 0) is 50.4 Å². The molecule has 1 aromatic heterocycles. The van der Waals surface area contributed by atoms with E-state index in [-0.39, 0.29) is 11.9 Å². The van der Waals surface area contributed by atoms with Crippen LogP contribution in [-0.4, -0.2) is 36.7 Å². The molecular formula is C13H19N3OS. The fourth-order valence-electron chi connectivity index (χ4n) is 2.15. The molecule has 0 spiro atoms. The Balaban J connectivity index is 1.88. The number of hydrogen-bond acceptors (Lipinski definition) is 4. The lowest BCUT2D eigenvalue weighted by Gasteiger charge is -2.30.